The Hall–Kier alpha value is -2.83. The number of ether oxygens (including phenoxy) is 1. The van der Waals surface area contributed by atoms with Gasteiger partial charge in [-0.3, -0.25) is 4.79 Å². The molecule has 0 unspecified atom stereocenters. The second-order valence-electron chi connectivity index (χ2n) is 10.7. The molecule has 5 atom stereocenters. The zero-order chi connectivity index (χ0) is 23.8. The Morgan fingerprint density at radius 2 is 2.12 bits per heavy atom. The van der Waals surface area contributed by atoms with Crippen molar-refractivity contribution in [3.8, 4) is 11.5 Å². The maximum Gasteiger partial charge on any atom is 0.246 e. The fraction of sp³-hybridized carbons (Fsp3) is 0.464. The lowest BCUT2D eigenvalue weighted by atomic mass is 9.48. The van der Waals surface area contributed by atoms with E-state index in [-0.39, 0.29) is 29.8 Å². The third-order valence-corrected chi connectivity index (χ3v) is 9.00. The van der Waals surface area contributed by atoms with Crippen LogP contribution in [0.1, 0.15) is 41.5 Å². The molecule has 0 radical (unpaired) electrons. The van der Waals surface area contributed by atoms with Gasteiger partial charge in [-0.25, -0.2) is 0 Å². The number of nitrogens with zero attached hydrogens (tertiary/aromatic N) is 2. The number of carbonyl (C=O) groups is 1. The number of aryl methyl sites for hydroxylation is 1. The molecular formula is C28H32N2O4. The van der Waals surface area contributed by atoms with E-state index in [0.29, 0.717) is 25.0 Å². The molecule has 2 aromatic rings. The molecule has 2 heterocycles. The van der Waals surface area contributed by atoms with Crippen LogP contribution < -0.4 is 4.74 Å². The molecule has 178 valence electrons. The van der Waals surface area contributed by atoms with Crippen molar-refractivity contribution < 1.29 is 19.7 Å². The van der Waals surface area contributed by atoms with Crippen molar-refractivity contribution >= 4 is 12.0 Å². The van der Waals surface area contributed by atoms with E-state index >= 15 is 0 Å². The van der Waals surface area contributed by atoms with Gasteiger partial charge in [-0.2, -0.15) is 0 Å². The summed E-state index contributed by atoms with van der Waals surface area (Å²) in [7, 11) is 3.90. The molecule has 2 N–H and O–H groups in total. The van der Waals surface area contributed by atoms with E-state index in [1.807, 2.05) is 50.4 Å². The predicted octanol–water partition coefficient (Wildman–Crippen LogP) is 3.02. The van der Waals surface area contributed by atoms with Crippen molar-refractivity contribution in [3.05, 3.63) is 64.7 Å². The lowest BCUT2D eigenvalue weighted by Gasteiger charge is -2.64. The Morgan fingerprint density at radius 3 is 2.91 bits per heavy atom. The molecule has 2 aliphatic heterocycles. The number of piperidine rings is 1. The van der Waals surface area contributed by atoms with Crippen LogP contribution in [0, 0.1) is 6.92 Å². The Bertz CT molecular complexity index is 1210. The molecule has 1 amide bonds. The van der Waals surface area contributed by atoms with Crippen LogP contribution in [0.25, 0.3) is 6.08 Å². The van der Waals surface area contributed by atoms with Gasteiger partial charge >= 0.3 is 0 Å². The van der Waals surface area contributed by atoms with Gasteiger partial charge in [0.1, 0.15) is 6.10 Å². The topological polar surface area (TPSA) is 73.2 Å². The van der Waals surface area contributed by atoms with Gasteiger partial charge in [0.25, 0.3) is 0 Å². The van der Waals surface area contributed by atoms with Gasteiger partial charge in [0.2, 0.25) is 5.91 Å². The largest absolute Gasteiger partial charge is 0.504 e. The maximum atomic E-state index is 13.2. The Labute approximate surface area is 200 Å². The molecule has 2 bridgehead atoms. The molecular weight excluding hydrogens is 428 g/mol. The Kier molecular flexibility index (Phi) is 4.68. The van der Waals surface area contributed by atoms with Crippen molar-refractivity contribution in [1.29, 1.82) is 0 Å². The SMILES string of the molecule is Cc1cccc(C=CC(=O)N(C)[C@H]2C[C@@H]3Oc4c(O)ccc5c4[C@@]34CCN(C)[C@H](C5)[C@]4(O)C2)c1. The van der Waals surface area contributed by atoms with Crippen molar-refractivity contribution in [3.63, 3.8) is 0 Å². The van der Waals surface area contributed by atoms with Gasteiger partial charge in [-0.05, 0) is 63.0 Å². The van der Waals surface area contributed by atoms with Gasteiger partial charge in [-0.15, -0.1) is 0 Å². The number of benzene rings is 2. The van der Waals surface area contributed by atoms with Crippen molar-refractivity contribution in [2.75, 3.05) is 20.6 Å². The molecule has 2 aromatic carbocycles. The summed E-state index contributed by atoms with van der Waals surface area (Å²) in [5, 5.41) is 23.1. The lowest BCUT2D eigenvalue weighted by Crippen LogP contribution is -2.77. The van der Waals surface area contributed by atoms with E-state index in [1.54, 1.807) is 17.0 Å². The van der Waals surface area contributed by atoms with Crippen LogP contribution in [0.5, 0.6) is 11.5 Å². The molecule has 34 heavy (non-hydrogen) atoms. The highest BCUT2D eigenvalue weighted by atomic mass is 16.5. The number of likely N-dealkylation sites (N-methyl/N-ethyl adjacent to an activating group) is 2. The minimum absolute atomic E-state index is 0.0514. The van der Waals surface area contributed by atoms with E-state index in [9.17, 15) is 15.0 Å². The molecule has 6 nitrogen and oxygen atoms in total. The molecule has 2 fully saturated rings. The first-order valence-electron chi connectivity index (χ1n) is 12.2. The first kappa shape index (κ1) is 21.7. The number of likely N-dealkylation sites (tertiary alicyclic amines) is 1. The highest BCUT2D eigenvalue weighted by molar-refractivity contribution is 5.91. The number of aliphatic hydroxyl groups is 1. The number of amides is 1. The van der Waals surface area contributed by atoms with Gasteiger partial charge in [0, 0.05) is 37.2 Å². The third kappa shape index (κ3) is 2.78. The molecule has 0 aromatic heterocycles. The number of carbonyl (C=O) groups excluding carboxylic acids is 1. The second kappa shape index (κ2) is 7.33. The molecule has 1 spiro atoms. The Balaban J connectivity index is 1.34. The van der Waals surface area contributed by atoms with E-state index < -0.39 is 11.0 Å². The predicted molar refractivity (Wildman–Crippen MR) is 130 cm³/mol. The Morgan fingerprint density at radius 1 is 1.29 bits per heavy atom. The fourth-order valence-corrected chi connectivity index (χ4v) is 7.29. The number of hydrogen-bond donors (Lipinski definition) is 2. The van der Waals surface area contributed by atoms with E-state index in [0.717, 1.165) is 29.7 Å². The average Bonchev–Trinajstić information content (AvgIpc) is 3.15. The fourth-order valence-electron chi connectivity index (χ4n) is 7.29. The summed E-state index contributed by atoms with van der Waals surface area (Å²) in [6.07, 6.45) is 5.81. The summed E-state index contributed by atoms with van der Waals surface area (Å²) >= 11 is 0. The van der Waals surface area contributed by atoms with Gasteiger partial charge in [0.15, 0.2) is 11.5 Å². The minimum atomic E-state index is -1.03. The maximum absolute atomic E-state index is 13.2. The molecule has 2 aliphatic carbocycles. The van der Waals surface area contributed by atoms with E-state index in [2.05, 4.69) is 11.9 Å². The monoisotopic (exact) mass is 460 g/mol. The van der Waals surface area contributed by atoms with Crippen molar-refractivity contribution in [1.82, 2.24) is 9.80 Å². The molecule has 6 heteroatoms. The highest BCUT2D eigenvalue weighted by Crippen LogP contribution is 2.65. The van der Waals surface area contributed by atoms with Gasteiger partial charge < -0.3 is 24.7 Å². The number of phenols is 1. The zero-order valence-electron chi connectivity index (χ0n) is 20.0. The van der Waals surface area contributed by atoms with Crippen LogP contribution in [-0.2, 0) is 16.6 Å². The minimum Gasteiger partial charge on any atom is -0.504 e. The number of hydrogen-bond acceptors (Lipinski definition) is 5. The van der Waals surface area contributed by atoms with Crippen molar-refractivity contribution in [2.45, 2.75) is 61.8 Å². The first-order chi connectivity index (χ1) is 16.2. The van der Waals surface area contributed by atoms with Crippen LogP contribution in [0.2, 0.25) is 0 Å². The number of rotatable bonds is 3. The highest BCUT2D eigenvalue weighted by Gasteiger charge is 2.72. The quantitative estimate of drug-likeness (QED) is 0.689. The smallest absolute Gasteiger partial charge is 0.246 e. The number of aromatic hydroxyl groups is 1. The molecule has 1 saturated heterocycles. The molecule has 1 saturated carbocycles. The van der Waals surface area contributed by atoms with E-state index in [4.69, 9.17) is 4.74 Å². The second-order valence-corrected chi connectivity index (χ2v) is 10.7. The molecule has 6 rings (SSSR count). The van der Waals surface area contributed by atoms with Crippen molar-refractivity contribution in [2.24, 2.45) is 0 Å². The first-order valence-corrected chi connectivity index (χ1v) is 12.2. The lowest BCUT2D eigenvalue weighted by molar-refractivity contribution is -0.194. The van der Waals surface area contributed by atoms with Gasteiger partial charge in [-0.1, -0.05) is 35.9 Å². The van der Waals surface area contributed by atoms with E-state index in [1.165, 1.54) is 5.56 Å². The number of phenolic OH excluding ortho intramolecular Hbond substituents is 1. The summed E-state index contributed by atoms with van der Waals surface area (Å²) < 4.78 is 6.43. The molecule has 4 aliphatic rings. The normalized spacial score (nSPS) is 33.5. The van der Waals surface area contributed by atoms with Crippen LogP contribution >= 0.6 is 0 Å². The zero-order valence-corrected chi connectivity index (χ0v) is 20.0. The van der Waals surface area contributed by atoms with Gasteiger partial charge in [0.05, 0.1) is 11.0 Å². The van der Waals surface area contributed by atoms with Crippen LogP contribution in [0.3, 0.4) is 0 Å². The van der Waals surface area contributed by atoms with Crippen LogP contribution in [-0.4, -0.2) is 70.3 Å². The summed E-state index contributed by atoms with van der Waals surface area (Å²) in [6.45, 7) is 2.91. The summed E-state index contributed by atoms with van der Waals surface area (Å²) in [6, 6.07) is 11.5. The average molecular weight is 461 g/mol. The third-order valence-electron chi connectivity index (χ3n) is 9.00. The standard InChI is InChI=1S/C28H32N2O4/c1-17-5-4-6-18(13-17)7-10-24(32)30(3)20-15-23-27-11-12-29(2)22(28(27,33)16-20)14-19-8-9-21(31)26(34-23)25(19)27/h4-10,13,20,22-23,31,33H,11-12,14-16H2,1-3H3/t20-,22+,23-,27+,28+/m0/s1. The van der Waals surface area contributed by atoms with Crippen LogP contribution in [0.4, 0.5) is 0 Å². The van der Waals surface area contributed by atoms with Crippen LogP contribution in [0.15, 0.2) is 42.5 Å². The summed E-state index contributed by atoms with van der Waals surface area (Å²) in [5.41, 5.74) is 2.75. The summed E-state index contributed by atoms with van der Waals surface area (Å²) in [5.74, 6) is 0.599. The summed E-state index contributed by atoms with van der Waals surface area (Å²) in [4.78, 5) is 17.2.